The average molecular weight is 339 g/mol. The van der Waals surface area contributed by atoms with Crippen molar-refractivity contribution in [2.75, 3.05) is 6.54 Å². The molecule has 1 amide bonds. The smallest absolute Gasteiger partial charge is 0.391 e. The molecule has 2 atom stereocenters. The Labute approximate surface area is 136 Å². The number of aryl methyl sites for hydroxylation is 1. The molecule has 0 radical (unpaired) electrons. The number of nitrogens with zero attached hydrogens (tertiary/aromatic N) is 3. The first kappa shape index (κ1) is 16.5. The van der Waals surface area contributed by atoms with Gasteiger partial charge < -0.3 is 10.0 Å². The molecule has 128 valence electrons. The summed E-state index contributed by atoms with van der Waals surface area (Å²) in [5.41, 5.74) is -0.525. The van der Waals surface area contributed by atoms with Crippen LogP contribution in [0.2, 0.25) is 0 Å². The summed E-state index contributed by atoms with van der Waals surface area (Å²) < 4.78 is 41.2. The van der Waals surface area contributed by atoms with Gasteiger partial charge in [-0.25, -0.2) is 0 Å². The summed E-state index contributed by atoms with van der Waals surface area (Å²) in [5, 5.41) is 13.9. The number of likely N-dealkylation sites (tertiary alicyclic amines) is 1. The third-order valence-electron chi connectivity index (χ3n) is 4.21. The molecule has 0 aliphatic carbocycles. The van der Waals surface area contributed by atoms with E-state index in [0.29, 0.717) is 0 Å². The number of hydrogen-bond donors (Lipinski definition) is 1. The lowest BCUT2D eigenvalue weighted by molar-refractivity contribution is -0.138. The molecule has 1 fully saturated rings. The number of aliphatic hydroxyl groups excluding tert-OH is 1. The molecule has 5 nitrogen and oxygen atoms in total. The van der Waals surface area contributed by atoms with E-state index in [0.717, 1.165) is 6.07 Å². The number of rotatable bonds is 2. The zero-order valence-electron chi connectivity index (χ0n) is 12.9. The number of aliphatic hydroxyl groups is 1. The Balaban J connectivity index is 2.01. The summed E-state index contributed by atoms with van der Waals surface area (Å²) in [4.78, 5) is 14.0. The van der Waals surface area contributed by atoms with E-state index in [1.165, 1.54) is 40.0 Å². The lowest BCUT2D eigenvalue weighted by Crippen LogP contribution is -2.33. The second kappa shape index (κ2) is 5.94. The van der Waals surface area contributed by atoms with E-state index in [-0.39, 0.29) is 24.2 Å². The Kier molecular flexibility index (Phi) is 4.08. The fourth-order valence-electron chi connectivity index (χ4n) is 3.11. The van der Waals surface area contributed by atoms with Crippen LogP contribution in [0, 0.1) is 0 Å². The van der Waals surface area contributed by atoms with Crippen molar-refractivity contribution in [3.05, 3.63) is 53.3 Å². The normalized spacial score (nSPS) is 21.3. The molecule has 1 aliphatic heterocycles. The first-order chi connectivity index (χ1) is 11.3. The van der Waals surface area contributed by atoms with Gasteiger partial charge in [-0.2, -0.15) is 18.3 Å². The monoisotopic (exact) mass is 339 g/mol. The number of carbonyl (C=O) groups is 1. The van der Waals surface area contributed by atoms with Crippen molar-refractivity contribution < 1.29 is 23.1 Å². The van der Waals surface area contributed by atoms with Crippen LogP contribution in [0.15, 0.2) is 36.5 Å². The van der Waals surface area contributed by atoms with Crippen LogP contribution in [-0.4, -0.2) is 38.3 Å². The van der Waals surface area contributed by atoms with Gasteiger partial charge in [0.15, 0.2) is 0 Å². The van der Waals surface area contributed by atoms with E-state index in [1.807, 2.05) is 0 Å². The standard InChI is InChI=1S/C16H16F3N3O2/c1-21-13(6-7-20-21)15(24)22-9-10(23)8-14(22)11-4-2-3-5-12(11)16(17,18)19/h2-7,10,14,23H,8-9H2,1H3/t10-,14+/m0/s1. The van der Waals surface area contributed by atoms with Gasteiger partial charge in [0.1, 0.15) is 5.69 Å². The van der Waals surface area contributed by atoms with Crippen molar-refractivity contribution >= 4 is 5.91 Å². The van der Waals surface area contributed by atoms with Crippen LogP contribution in [0.5, 0.6) is 0 Å². The summed E-state index contributed by atoms with van der Waals surface area (Å²) >= 11 is 0. The molecule has 3 rings (SSSR count). The molecule has 1 aromatic carbocycles. The number of benzene rings is 1. The van der Waals surface area contributed by atoms with Crippen LogP contribution in [0.1, 0.15) is 34.1 Å². The molecule has 0 unspecified atom stereocenters. The predicted octanol–water partition coefficient (Wildman–Crippen LogP) is 2.39. The SMILES string of the molecule is Cn1nccc1C(=O)N1C[C@@H](O)C[C@@H]1c1ccccc1C(F)(F)F. The topological polar surface area (TPSA) is 58.4 Å². The molecule has 1 aromatic heterocycles. The van der Waals surface area contributed by atoms with Gasteiger partial charge in [-0.3, -0.25) is 9.48 Å². The van der Waals surface area contributed by atoms with Crippen LogP contribution in [0.25, 0.3) is 0 Å². The van der Waals surface area contributed by atoms with Gasteiger partial charge >= 0.3 is 6.18 Å². The van der Waals surface area contributed by atoms with Gasteiger partial charge in [0.2, 0.25) is 0 Å². The quantitative estimate of drug-likeness (QED) is 0.914. The molecule has 1 saturated heterocycles. The van der Waals surface area contributed by atoms with Crippen molar-refractivity contribution in [2.24, 2.45) is 7.05 Å². The zero-order valence-corrected chi connectivity index (χ0v) is 12.9. The number of halogens is 3. The number of aromatic nitrogens is 2. The molecule has 1 N–H and O–H groups in total. The highest BCUT2D eigenvalue weighted by Crippen LogP contribution is 2.40. The highest BCUT2D eigenvalue weighted by Gasteiger charge is 2.41. The van der Waals surface area contributed by atoms with E-state index in [9.17, 15) is 23.1 Å². The molecule has 24 heavy (non-hydrogen) atoms. The summed E-state index contributed by atoms with van der Waals surface area (Å²) in [6, 6.07) is 5.83. The second-order valence-electron chi connectivity index (χ2n) is 5.79. The molecular formula is C16H16F3N3O2. The third-order valence-corrected chi connectivity index (χ3v) is 4.21. The lowest BCUT2D eigenvalue weighted by Gasteiger charge is -2.27. The van der Waals surface area contributed by atoms with Gasteiger partial charge in [-0.15, -0.1) is 0 Å². The summed E-state index contributed by atoms with van der Waals surface area (Å²) in [6.45, 7) is -0.0130. The highest BCUT2D eigenvalue weighted by molar-refractivity contribution is 5.93. The predicted molar refractivity (Wildman–Crippen MR) is 79.1 cm³/mol. The molecular weight excluding hydrogens is 323 g/mol. The molecule has 1 aliphatic rings. The van der Waals surface area contributed by atoms with E-state index >= 15 is 0 Å². The van der Waals surface area contributed by atoms with Gasteiger partial charge in [-0.1, -0.05) is 18.2 Å². The summed E-state index contributed by atoms with van der Waals surface area (Å²) in [6.07, 6.45) is -3.88. The minimum atomic E-state index is -4.52. The Morgan fingerprint density at radius 2 is 2.00 bits per heavy atom. The van der Waals surface area contributed by atoms with Gasteiger partial charge in [0, 0.05) is 19.8 Å². The highest BCUT2D eigenvalue weighted by atomic mass is 19.4. The maximum Gasteiger partial charge on any atom is 0.416 e. The summed E-state index contributed by atoms with van der Waals surface area (Å²) in [7, 11) is 1.58. The minimum absolute atomic E-state index is 0.00271. The minimum Gasteiger partial charge on any atom is -0.391 e. The van der Waals surface area contributed by atoms with Gasteiger partial charge in [-0.05, 0) is 24.1 Å². The van der Waals surface area contributed by atoms with Crippen LogP contribution in [-0.2, 0) is 13.2 Å². The van der Waals surface area contributed by atoms with Crippen LogP contribution in [0.3, 0.4) is 0 Å². The number of β-amino-alcohol motifs (C(OH)–C–C–N with tert-alkyl or cyclic N) is 1. The van der Waals surface area contributed by atoms with Gasteiger partial charge in [0.05, 0.1) is 17.7 Å². The zero-order chi connectivity index (χ0) is 17.5. The maximum atomic E-state index is 13.3. The first-order valence-electron chi connectivity index (χ1n) is 7.42. The van der Waals surface area contributed by atoms with Crippen molar-refractivity contribution in [1.82, 2.24) is 14.7 Å². The van der Waals surface area contributed by atoms with Crippen molar-refractivity contribution in [3.8, 4) is 0 Å². The Morgan fingerprint density at radius 1 is 1.29 bits per heavy atom. The number of alkyl halides is 3. The van der Waals surface area contributed by atoms with Crippen LogP contribution < -0.4 is 0 Å². The fraction of sp³-hybridized carbons (Fsp3) is 0.375. The molecule has 0 saturated carbocycles. The summed E-state index contributed by atoms with van der Waals surface area (Å²) in [5.74, 6) is -0.450. The van der Waals surface area contributed by atoms with Crippen molar-refractivity contribution in [2.45, 2.75) is 24.7 Å². The van der Waals surface area contributed by atoms with E-state index in [4.69, 9.17) is 0 Å². The average Bonchev–Trinajstić information content (AvgIpc) is 3.11. The maximum absolute atomic E-state index is 13.3. The largest absolute Gasteiger partial charge is 0.416 e. The fourth-order valence-corrected chi connectivity index (χ4v) is 3.11. The molecule has 2 heterocycles. The van der Waals surface area contributed by atoms with E-state index in [1.54, 1.807) is 7.05 Å². The van der Waals surface area contributed by atoms with Crippen molar-refractivity contribution in [1.29, 1.82) is 0 Å². The van der Waals surface area contributed by atoms with Crippen LogP contribution >= 0.6 is 0 Å². The molecule has 0 bridgehead atoms. The second-order valence-corrected chi connectivity index (χ2v) is 5.79. The van der Waals surface area contributed by atoms with E-state index < -0.39 is 29.8 Å². The lowest BCUT2D eigenvalue weighted by atomic mass is 9.97. The molecule has 0 spiro atoms. The number of amides is 1. The number of hydrogen-bond acceptors (Lipinski definition) is 3. The molecule has 2 aromatic rings. The third kappa shape index (κ3) is 2.89. The Hall–Kier alpha value is -2.35. The first-order valence-corrected chi connectivity index (χ1v) is 7.42. The van der Waals surface area contributed by atoms with Crippen molar-refractivity contribution in [3.63, 3.8) is 0 Å². The van der Waals surface area contributed by atoms with E-state index in [2.05, 4.69) is 5.10 Å². The van der Waals surface area contributed by atoms with Gasteiger partial charge in [0.25, 0.3) is 5.91 Å². The Morgan fingerprint density at radius 3 is 2.62 bits per heavy atom. The Bertz CT molecular complexity index is 757. The van der Waals surface area contributed by atoms with Crippen LogP contribution in [0.4, 0.5) is 13.2 Å². The molecule has 8 heteroatoms. The number of carbonyl (C=O) groups excluding carboxylic acids is 1.